The van der Waals surface area contributed by atoms with Crippen molar-refractivity contribution in [1.82, 2.24) is 10.6 Å². The minimum atomic E-state index is -0.126. The highest BCUT2D eigenvalue weighted by Crippen LogP contribution is 2.44. The fourth-order valence-electron chi connectivity index (χ4n) is 3.25. The van der Waals surface area contributed by atoms with Crippen molar-refractivity contribution in [3.63, 3.8) is 0 Å². The van der Waals surface area contributed by atoms with E-state index >= 15 is 0 Å². The van der Waals surface area contributed by atoms with Crippen LogP contribution in [0.3, 0.4) is 0 Å². The van der Waals surface area contributed by atoms with Gasteiger partial charge in [0, 0.05) is 25.1 Å². The Hall–Kier alpha value is -2.82. The Morgan fingerprint density at radius 2 is 1.67 bits per heavy atom. The average Bonchev–Trinajstić information content (AvgIpc) is 3.55. The molecule has 0 aromatic heterocycles. The van der Waals surface area contributed by atoms with E-state index < -0.39 is 0 Å². The molecule has 1 fully saturated rings. The topological polar surface area (TPSA) is 67.4 Å². The maximum absolute atomic E-state index is 12.3. The molecule has 3 rings (SSSR count). The zero-order valence-electron chi connectivity index (χ0n) is 15.6. The summed E-state index contributed by atoms with van der Waals surface area (Å²) >= 11 is 0. The summed E-state index contributed by atoms with van der Waals surface area (Å²) in [5.41, 5.74) is 1.81. The molecule has 27 heavy (non-hydrogen) atoms. The molecule has 0 radical (unpaired) electrons. The van der Waals surface area contributed by atoms with Gasteiger partial charge in [0.1, 0.15) is 5.75 Å². The highest BCUT2D eigenvalue weighted by Gasteiger charge is 2.33. The van der Waals surface area contributed by atoms with Crippen molar-refractivity contribution in [3.05, 3.63) is 65.7 Å². The van der Waals surface area contributed by atoms with Crippen molar-refractivity contribution in [3.8, 4) is 5.75 Å². The summed E-state index contributed by atoms with van der Waals surface area (Å²) in [7, 11) is 1.65. The number of hydrogen-bond acceptors (Lipinski definition) is 3. The van der Waals surface area contributed by atoms with Crippen LogP contribution in [0.25, 0.3) is 0 Å². The normalized spacial score (nSPS) is 14.3. The lowest BCUT2D eigenvalue weighted by atomic mass is 9.90. The molecule has 1 saturated carbocycles. The summed E-state index contributed by atoms with van der Waals surface area (Å²) in [5.74, 6) is 1.55. The minimum Gasteiger partial charge on any atom is -0.497 e. The van der Waals surface area contributed by atoms with E-state index in [2.05, 4.69) is 22.8 Å². The number of amides is 2. The van der Waals surface area contributed by atoms with Gasteiger partial charge in [-0.3, -0.25) is 9.59 Å². The van der Waals surface area contributed by atoms with Gasteiger partial charge in [-0.25, -0.2) is 0 Å². The fourth-order valence-corrected chi connectivity index (χ4v) is 3.25. The fraction of sp³-hybridized carbons (Fsp3) is 0.364. The van der Waals surface area contributed by atoms with E-state index in [1.54, 1.807) is 19.2 Å². The number of carbonyl (C=O) groups is 2. The van der Waals surface area contributed by atoms with Gasteiger partial charge in [0.25, 0.3) is 5.91 Å². The van der Waals surface area contributed by atoms with Crippen LogP contribution in [-0.2, 0) is 4.79 Å². The number of hydrogen-bond donors (Lipinski definition) is 2. The molecule has 5 heteroatoms. The molecule has 1 aliphatic carbocycles. The Kier molecular flexibility index (Phi) is 6.47. The molecular weight excluding hydrogens is 340 g/mol. The van der Waals surface area contributed by atoms with Crippen molar-refractivity contribution >= 4 is 11.8 Å². The maximum Gasteiger partial charge on any atom is 0.251 e. The molecule has 0 bridgehead atoms. The van der Waals surface area contributed by atoms with E-state index in [1.165, 1.54) is 18.4 Å². The van der Waals surface area contributed by atoms with E-state index in [4.69, 9.17) is 4.74 Å². The van der Waals surface area contributed by atoms with Crippen LogP contribution in [0, 0.1) is 5.92 Å². The molecule has 142 valence electrons. The largest absolute Gasteiger partial charge is 0.497 e. The van der Waals surface area contributed by atoms with Gasteiger partial charge in [0.2, 0.25) is 5.91 Å². The Labute approximate surface area is 160 Å². The van der Waals surface area contributed by atoms with Gasteiger partial charge in [0.15, 0.2) is 0 Å². The van der Waals surface area contributed by atoms with Crippen molar-refractivity contribution in [2.75, 3.05) is 20.2 Å². The Morgan fingerprint density at radius 1 is 1.00 bits per heavy atom. The number of methoxy groups -OCH3 is 1. The van der Waals surface area contributed by atoms with E-state index in [0.29, 0.717) is 31.0 Å². The van der Waals surface area contributed by atoms with Gasteiger partial charge < -0.3 is 15.4 Å². The van der Waals surface area contributed by atoms with Crippen LogP contribution in [0.2, 0.25) is 0 Å². The Balaban J connectivity index is 1.44. The monoisotopic (exact) mass is 366 g/mol. The van der Waals surface area contributed by atoms with Crippen LogP contribution in [0.15, 0.2) is 54.6 Å². The molecule has 2 amide bonds. The standard InChI is InChI=1S/C22H26N2O3/c1-27-19-11-9-17(10-12-19)20(16-7-8-16)15-21(25)23-13-14-24-22(26)18-5-3-2-4-6-18/h2-6,9-12,16,20H,7-8,13-15H2,1H3,(H,23,25)(H,24,26). The lowest BCUT2D eigenvalue weighted by molar-refractivity contribution is -0.121. The molecule has 1 atom stereocenters. The van der Waals surface area contributed by atoms with Crippen LogP contribution in [0.4, 0.5) is 0 Å². The summed E-state index contributed by atoms with van der Waals surface area (Å²) in [6.45, 7) is 0.841. The van der Waals surface area contributed by atoms with Gasteiger partial charge in [0.05, 0.1) is 7.11 Å². The van der Waals surface area contributed by atoms with E-state index in [9.17, 15) is 9.59 Å². The third kappa shape index (κ3) is 5.58. The molecule has 2 aromatic carbocycles. The van der Waals surface area contributed by atoms with Crippen molar-refractivity contribution in [1.29, 1.82) is 0 Å². The van der Waals surface area contributed by atoms with Crippen LogP contribution in [0.1, 0.15) is 41.1 Å². The molecule has 1 unspecified atom stereocenters. The molecule has 0 spiro atoms. The third-order valence-electron chi connectivity index (χ3n) is 4.91. The first-order chi connectivity index (χ1) is 13.2. The number of benzene rings is 2. The molecule has 0 aliphatic heterocycles. The highest BCUT2D eigenvalue weighted by atomic mass is 16.5. The lowest BCUT2D eigenvalue weighted by Crippen LogP contribution is -2.35. The average molecular weight is 366 g/mol. The molecular formula is C22H26N2O3. The van der Waals surface area contributed by atoms with Crippen molar-refractivity contribution in [2.24, 2.45) is 5.92 Å². The number of nitrogens with one attached hydrogen (secondary N) is 2. The first kappa shape index (κ1) is 19.0. The van der Waals surface area contributed by atoms with Gasteiger partial charge in [-0.05, 0) is 54.5 Å². The maximum atomic E-state index is 12.3. The Morgan fingerprint density at radius 3 is 2.30 bits per heavy atom. The van der Waals surface area contributed by atoms with Crippen LogP contribution in [0.5, 0.6) is 5.75 Å². The minimum absolute atomic E-state index is 0.0247. The summed E-state index contributed by atoms with van der Waals surface area (Å²) in [5, 5.41) is 5.74. The van der Waals surface area contributed by atoms with E-state index in [0.717, 1.165) is 5.75 Å². The van der Waals surface area contributed by atoms with Crippen LogP contribution >= 0.6 is 0 Å². The van der Waals surface area contributed by atoms with Crippen LogP contribution < -0.4 is 15.4 Å². The summed E-state index contributed by atoms with van der Waals surface area (Å²) in [6.07, 6.45) is 2.83. The van der Waals surface area contributed by atoms with Gasteiger partial charge >= 0.3 is 0 Å². The SMILES string of the molecule is COc1ccc(C(CC(=O)NCCNC(=O)c2ccccc2)C2CC2)cc1. The zero-order chi connectivity index (χ0) is 19.1. The summed E-state index contributed by atoms with van der Waals surface area (Å²) < 4.78 is 5.21. The molecule has 2 N–H and O–H groups in total. The molecule has 5 nitrogen and oxygen atoms in total. The molecule has 0 heterocycles. The second-order valence-corrected chi connectivity index (χ2v) is 6.89. The smallest absolute Gasteiger partial charge is 0.251 e. The highest BCUT2D eigenvalue weighted by molar-refractivity contribution is 5.94. The number of rotatable bonds is 9. The Bertz CT molecular complexity index is 755. The van der Waals surface area contributed by atoms with Crippen molar-refractivity contribution in [2.45, 2.75) is 25.2 Å². The second-order valence-electron chi connectivity index (χ2n) is 6.89. The van der Waals surface area contributed by atoms with Crippen LogP contribution in [-0.4, -0.2) is 32.0 Å². The van der Waals surface area contributed by atoms with E-state index in [1.807, 2.05) is 30.3 Å². The van der Waals surface area contributed by atoms with Crippen molar-refractivity contribution < 1.29 is 14.3 Å². The summed E-state index contributed by atoms with van der Waals surface area (Å²) in [6, 6.07) is 17.1. The lowest BCUT2D eigenvalue weighted by Gasteiger charge is -2.17. The second kappa shape index (κ2) is 9.21. The molecule has 1 aliphatic rings. The number of ether oxygens (including phenoxy) is 1. The molecule has 2 aromatic rings. The van der Waals surface area contributed by atoms with Gasteiger partial charge in [-0.2, -0.15) is 0 Å². The zero-order valence-corrected chi connectivity index (χ0v) is 15.6. The summed E-state index contributed by atoms with van der Waals surface area (Å²) in [4.78, 5) is 24.3. The van der Waals surface area contributed by atoms with Gasteiger partial charge in [-0.1, -0.05) is 30.3 Å². The first-order valence-electron chi connectivity index (χ1n) is 9.41. The first-order valence-corrected chi connectivity index (χ1v) is 9.41. The predicted octanol–water partition coefficient (Wildman–Crippen LogP) is 3.13. The quantitative estimate of drug-likeness (QED) is 0.670. The predicted molar refractivity (Wildman–Crippen MR) is 105 cm³/mol. The van der Waals surface area contributed by atoms with E-state index in [-0.39, 0.29) is 17.7 Å². The van der Waals surface area contributed by atoms with Gasteiger partial charge in [-0.15, -0.1) is 0 Å². The number of carbonyl (C=O) groups excluding carboxylic acids is 2. The molecule has 0 saturated heterocycles. The third-order valence-corrected chi connectivity index (χ3v) is 4.91.